The highest BCUT2D eigenvalue weighted by molar-refractivity contribution is 5.95. The molecule has 0 aliphatic rings. The number of hydrogen-bond acceptors (Lipinski definition) is 4. The summed E-state index contributed by atoms with van der Waals surface area (Å²) in [5.41, 5.74) is 5.98. The third kappa shape index (κ3) is 3.61. The van der Waals surface area contributed by atoms with Crippen molar-refractivity contribution < 1.29 is 14.7 Å². The van der Waals surface area contributed by atoms with Gasteiger partial charge < -0.3 is 21.5 Å². The number of carbonyl (C=O) groups excluding carboxylic acids is 1. The molecule has 1 aromatic carbocycles. The molecule has 0 heterocycles. The van der Waals surface area contributed by atoms with Gasteiger partial charge in [-0.25, -0.2) is 4.79 Å². The number of carboxylic acids is 1. The van der Waals surface area contributed by atoms with E-state index in [1.807, 2.05) is 0 Å². The lowest BCUT2D eigenvalue weighted by Crippen LogP contribution is -2.39. The third-order valence-corrected chi connectivity index (χ3v) is 2.84. The van der Waals surface area contributed by atoms with Gasteiger partial charge in [-0.15, -0.1) is 0 Å². The second kappa shape index (κ2) is 5.60. The molecule has 0 unspecified atom stereocenters. The Morgan fingerprint density at radius 3 is 2.53 bits per heavy atom. The van der Waals surface area contributed by atoms with Crippen LogP contribution in [0.1, 0.15) is 24.2 Å². The van der Waals surface area contributed by atoms with Crippen LogP contribution in [0.3, 0.4) is 0 Å². The van der Waals surface area contributed by atoms with Crippen molar-refractivity contribution in [1.29, 1.82) is 0 Å². The van der Waals surface area contributed by atoms with Gasteiger partial charge in [-0.3, -0.25) is 4.79 Å². The second-order valence-corrected chi connectivity index (χ2v) is 4.93. The van der Waals surface area contributed by atoms with Gasteiger partial charge in [-0.05, 0) is 32.0 Å². The average Bonchev–Trinajstić information content (AvgIpc) is 2.35. The highest BCUT2D eigenvalue weighted by Gasteiger charge is 2.26. The van der Waals surface area contributed by atoms with Gasteiger partial charge in [-0.2, -0.15) is 0 Å². The van der Waals surface area contributed by atoms with Gasteiger partial charge in [0.25, 0.3) is 0 Å². The largest absolute Gasteiger partial charge is 0.478 e. The Bertz CT molecular complexity index is 498. The molecule has 0 bridgehead atoms. The highest BCUT2D eigenvalue weighted by atomic mass is 16.4. The first kappa shape index (κ1) is 14.8. The van der Waals surface area contributed by atoms with E-state index in [4.69, 9.17) is 10.8 Å². The summed E-state index contributed by atoms with van der Waals surface area (Å²) in [6, 6.07) is 4.51. The molecule has 0 atom stereocenters. The van der Waals surface area contributed by atoms with E-state index < -0.39 is 11.4 Å². The fourth-order valence-corrected chi connectivity index (χ4v) is 1.63. The number of rotatable bonds is 5. The van der Waals surface area contributed by atoms with Gasteiger partial charge in [0.2, 0.25) is 5.91 Å². The summed E-state index contributed by atoms with van der Waals surface area (Å²) in [4.78, 5) is 22.7. The maximum Gasteiger partial charge on any atom is 0.337 e. The second-order valence-electron chi connectivity index (χ2n) is 4.93. The van der Waals surface area contributed by atoms with Crippen LogP contribution in [0.2, 0.25) is 0 Å². The molecule has 0 aliphatic heterocycles. The molecule has 1 rings (SSSR count). The number of nitrogens with two attached hydrogens (primary N) is 1. The normalized spacial score (nSPS) is 10.9. The lowest BCUT2D eigenvalue weighted by Gasteiger charge is -2.24. The predicted octanol–water partition coefficient (Wildman–Crippen LogP) is 1.15. The first-order chi connectivity index (χ1) is 8.77. The van der Waals surface area contributed by atoms with E-state index in [1.54, 1.807) is 27.0 Å². The molecule has 104 valence electrons. The molecule has 6 nitrogen and oxygen atoms in total. The Kier molecular flexibility index (Phi) is 4.37. The molecule has 0 saturated heterocycles. The lowest BCUT2D eigenvalue weighted by atomic mass is 9.92. The number of amides is 1. The zero-order chi connectivity index (χ0) is 14.6. The zero-order valence-corrected chi connectivity index (χ0v) is 11.3. The molecule has 0 fully saturated rings. The van der Waals surface area contributed by atoms with E-state index in [1.165, 1.54) is 12.1 Å². The molecular formula is C13H19N3O3. The number of nitrogens with one attached hydrogen (secondary N) is 2. The van der Waals surface area contributed by atoms with E-state index in [0.29, 0.717) is 17.9 Å². The number of hydrogen-bond donors (Lipinski definition) is 4. The molecule has 0 radical (unpaired) electrons. The first-order valence-corrected chi connectivity index (χ1v) is 5.87. The van der Waals surface area contributed by atoms with Crippen molar-refractivity contribution in [3.63, 3.8) is 0 Å². The van der Waals surface area contributed by atoms with Crippen LogP contribution in [0, 0.1) is 5.41 Å². The van der Waals surface area contributed by atoms with E-state index in [2.05, 4.69) is 10.6 Å². The Labute approximate surface area is 112 Å². The molecule has 0 saturated carbocycles. The third-order valence-electron chi connectivity index (χ3n) is 2.84. The monoisotopic (exact) mass is 265 g/mol. The van der Waals surface area contributed by atoms with Crippen molar-refractivity contribution in [2.45, 2.75) is 13.8 Å². The quantitative estimate of drug-likeness (QED) is 0.598. The summed E-state index contributed by atoms with van der Waals surface area (Å²) >= 11 is 0. The number of benzene rings is 1. The summed E-state index contributed by atoms with van der Waals surface area (Å²) < 4.78 is 0. The van der Waals surface area contributed by atoms with Crippen LogP contribution in [-0.4, -0.2) is 30.6 Å². The van der Waals surface area contributed by atoms with E-state index in [-0.39, 0.29) is 11.5 Å². The SMILES string of the molecule is CNC(=O)C(C)(C)CNc1cc(N)ccc1C(=O)O. The maximum absolute atomic E-state index is 11.6. The molecule has 1 amide bonds. The molecule has 0 aromatic heterocycles. The summed E-state index contributed by atoms with van der Waals surface area (Å²) in [5, 5.41) is 14.6. The van der Waals surface area contributed by atoms with Crippen LogP contribution in [-0.2, 0) is 4.79 Å². The standard InChI is InChI=1S/C13H19N3O3/c1-13(2,12(19)15-3)7-16-10-6-8(14)4-5-9(10)11(17)18/h4-6,16H,7,14H2,1-3H3,(H,15,19)(H,17,18). The van der Waals surface area contributed by atoms with Crippen LogP contribution in [0.4, 0.5) is 11.4 Å². The van der Waals surface area contributed by atoms with Crippen molar-refractivity contribution in [3.8, 4) is 0 Å². The Hall–Kier alpha value is -2.24. The molecule has 0 aliphatic carbocycles. The van der Waals surface area contributed by atoms with E-state index in [0.717, 1.165) is 0 Å². The Morgan fingerprint density at radius 2 is 2.00 bits per heavy atom. The fourth-order valence-electron chi connectivity index (χ4n) is 1.63. The van der Waals surface area contributed by atoms with Gasteiger partial charge in [0.15, 0.2) is 0 Å². The molecule has 1 aromatic rings. The summed E-state index contributed by atoms with van der Waals surface area (Å²) in [7, 11) is 1.56. The van der Waals surface area contributed by atoms with Crippen molar-refractivity contribution >= 4 is 23.3 Å². The van der Waals surface area contributed by atoms with Crippen LogP contribution in [0.25, 0.3) is 0 Å². The Morgan fingerprint density at radius 1 is 1.37 bits per heavy atom. The minimum absolute atomic E-state index is 0.124. The number of aromatic carboxylic acids is 1. The number of anilines is 2. The van der Waals surface area contributed by atoms with E-state index in [9.17, 15) is 9.59 Å². The fraction of sp³-hybridized carbons (Fsp3) is 0.385. The van der Waals surface area contributed by atoms with Crippen molar-refractivity contribution in [3.05, 3.63) is 23.8 Å². The van der Waals surface area contributed by atoms with Gasteiger partial charge in [0.1, 0.15) is 0 Å². The summed E-state index contributed by atoms with van der Waals surface area (Å²) in [6.07, 6.45) is 0. The van der Waals surface area contributed by atoms with Gasteiger partial charge >= 0.3 is 5.97 Å². The lowest BCUT2D eigenvalue weighted by molar-refractivity contribution is -0.128. The topological polar surface area (TPSA) is 104 Å². The average molecular weight is 265 g/mol. The van der Waals surface area contributed by atoms with Gasteiger partial charge in [0, 0.05) is 19.3 Å². The van der Waals surface area contributed by atoms with Crippen LogP contribution >= 0.6 is 0 Å². The van der Waals surface area contributed by atoms with Crippen molar-refractivity contribution in [2.75, 3.05) is 24.6 Å². The van der Waals surface area contributed by atoms with Crippen LogP contribution in [0.15, 0.2) is 18.2 Å². The van der Waals surface area contributed by atoms with Gasteiger partial charge in [-0.1, -0.05) is 0 Å². The smallest absolute Gasteiger partial charge is 0.337 e. The predicted molar refractivity (Wildman–Crippen MR) is 74.2 cm³/mol. The maximum atomic E-state index is 11.6. The minimum Gasteiger partial charge on any atom is -0.478 e. The van der Waals surface area contributed by atoms with E-state index >= 15 is 0 Å². The van der Waals surface area contributed by atoms with Crippen molar-refractivity contribution in [1.82, 2.24) is 5.32 Å². The summed E-state index contributed by atoms with van der Waals surface area (Å²) in [6.45, 7) is 3.84. The van der Waals surface area contributed by atoms with Crippen molar-refractivity contribution in [2.24, 2.45) is 5.41 Å². The highest BCUT2D eigenvalue weighted by Crippen LogP contribution is 2.22. The molecule has 5 N–H and O–H groups in total. The molecular weight excluding hydrogens is 246 g/mol. The molecule has 0 spiro atoms. The zero-order valence-electron chi connectivity index (χ0n) is 11.3. The Balaban J connectivity index is 2.91. The van der Waals surface area contributed by atoms with Crippen LogP contribution < -0.4 is 16.4 Å². The summed E-state index contributed by atoms with van der Waals surface area (Å²) in [5.74, 6) is -1.17. The first-order valence-electron chi connectivity index (χ1n) is 5.87. The molecule has 19 heavy (non-hydrogen) atoms. The van der Waals surface area contributed by atoms with Crippen LogP contribution in [0.5, 0.6) is 0 Å². The number of nitrogen functional groups attached to an aromatic ring is 1. The minimum atomic E-state index is -1.04. The molecule has 6 heteroatoms. The number of carboxylic acid groups (broad SMARTS) is 1. The number of carbonyl (C=O) groups is 2. The van der Waals surface area contributed by atoms with Gasteiger partial charge in [0.05, 0.1) is 16.7 Å².